The van der Waals surface area contributed by atoms with Gasteiger partial charge in [-0.05, 0) is 61.1 Å². The lowest BCUT2D eigenvalue weighted by molar-refractivity contribution is -0.146. The molecule has 166 valence electrons. The number of carboxylic acids is 1. The van der Waals surface area contributed by atoms with Crippen molar-refractivity contribution in [3.8, 4) is 0 Å². The number of pyridine rings is 1. The van der Waals surface area contributed by atoms with E-state index in [0.29, 0.717) is 23.5 Å². The molecule has 3 aliphatic carbocycles. The van der Waals surface area contributed by atoms with Gasteiger partial charge in [0, 0.05) is 23.8 Å². The number of carbonyl (C=O) groups excluding carboxylic acids is 2. The van der Waals surface area contributed by atoms with Gasteiger partial charge in [-0.15, -0.1) is 11.3 Å². The molecule has 0 saturated heterocycles. The molecular weight excluding hydrogens is 426 g/mol. The number of allylic oxidation sites excluding steroid dienone is 2. The summed E-state index contributed by atoms with van der Waals surface area (Å²) in [6, 6.07) is 3.72. The first-order valence-corrected chi connectivity index (χ1v) is 11.9. The number of hydrogen-bond donors (Lipinski definition) is 3. The summed E-state index contributed by atoms with van der Waals surface area (Å²) in [5.41, 5.74) is 2.45. The molecular formula is C24H25N3O4S. The molecule has 3 aliphatic rings. The van der Waals surface area contributed by atoms with Gasteiger partial charge in [0.15, 0.2) is 0 Å². The Morgan fingerprint density at radius 2 is 1.91 bits per heavy atom. The lowest BCUT2D eigenvalue weighted by Crippen LogP contribution is -2.36. The van der Waals surface area contributed by atoms with Crippen LogP contribution >= 0.6 is 11.3 Å². The standard InChI is InChI=1S/C24H25N3O4S/c28-21(26-12-13-4-3-9-25-11-13)20-16-5-1-2-6-17(16)32-23(20)27-22(29)18-14-7-8-15(10-14)19(18)24(30)31/h3-4,7-9,11,14-15,18-19H,1-2,5-6,10,12H2,(H,26,28)(H,27,29)(H,30,31)/t14-,15-,18-,19+/m0/s1. The number of thiophene rings is 1. The van der Waals surface area contributed by atoms with Gasteiger partial charge in [0.2, 0.25) is 5.91 Å². The van der Waals surface area contributed by atoms with Crippen LogP contribution in [0.1, 0.15) is 45.6 Å². The van der Waals surface area contributed by atoms with Gasteiger partial charge in [0.25, 0.3) is 5.91 Å². The highest BCUT2D eigenvalue weighted by Crippen LogP contribution is 2.49. The minimum absolute atomic E-state index is 0.0569. The number of aliphatic carboxylic acids is 1. The smallest absolute Gasteiger partial charge is 0.307 e. The van der Waals surface area contributed by atoms with Crippen molar-refractivity contribution in [3.63, 3.8) is 0 Å². The van der Waals surface area contributed by atoms with Crippen molar-refractivity contribution < 1.29 is 19.5 Å². The summed E-state index contributed by atoms with van der Waals surface area (Å²) in [6.07, 6.45) is 11.8. The highest BCUT2D eigenvalue weighted by Gasteiger charge is 2.51. The van der Waals surface area contributed by atoms with Crippen LogP contribution in [0, 0.1) is 23.7 Å². The number of carbonyl (C=O) groups is 3. The van der Waals surface area contributed by atoms with Crippen LogP contribution in [0.5, 0.6) is 0 Å². The third kappa shape index (κ3) is 3.72. The van der Waals surface area contributed by atoms with Crippen molar-refractivity contribution in [1.29, 1.82) is 0 Å². The van der Waals surface area contributed by atoms with E-state index >= 15 is 0 Å². The molecule has 2 bridgehead atoms. The molecule has 8 heteroatoms. The fourth-order valence-electron chi connectivity index (χ4n) is 5.38. The van der Waals surface area contributed by atoms with E-state index in [1.54, 1.807) is 12.4 Å². The van der Waals surface area contributed by atoms with Gasteiger partial charge in [-0.2, -0.15) is 0 Å². The van der Waals surface area contributed by atoms with Crippen LogP contribution in [-0.4, -0.2) is 27.9 Å². The van der Waals surface area contributed by atoms with Gasteiger partial charge in [0.05, 0.1) is 17.4 Å². The van der Waals surface area contributed by atoms with Gasteiger partial charge in [-0.25, -0.2) is 0 Å². The van der Waals surface area contributed by atoms with E-state index in [0.717, 1.165) is 41.7 Å². The van der Waals surface area contributed by atoms with Gasteiger partial charge >= 0.3 is 5.97 Å². The van der Waals surface area contributed by atoms with Crippen molar-refractivity contribution >= 4 is 34.1 Å². The first kappa shape index (κ1) is 20.9. The maximum Gasteiger partial charge on any atom is 0.307 e. The third-order valence-electron chi connectivity index (χ3n) is 6.86. The minimum Gasteiger partial charge on any atom is -0.481 e. The zero-order valence-electron chi connectivity index (χ0n) is 17.5. The second kappa shape index (κ2) is 8.50. The number of carboxylic acid groups (broad SMARTS) is 1. The molecule has 32 heavy (non-hydrogen) atoms. The predicted molar refractivity (Wildman–Crippen MR) is 120 cm³/mol. The van der Waals surface area contributed by atoms with Crippen molar-refractivity contribution in [3.05, 3.63) is 58.2 Å². The number of hydrogen-bond acceptors (Lipinski definition) is 5. The molecule has 5 rings (SSSR count). The van der Waals surface area contributed by atoms with Crippen LogP contribution in [0.25, 0.3) is 0 Å². The maximum atomic E-state index is 13.2. The zero-order chi connectivity index (χ0) is 22.2. The van der Waals surface area contributed by atoms with Gasteiger partial charge in [0.1, 0.15) is 5.00 Å². The Labute approximate surface area is 189 Å². The number of aromatic nitrogens is 1. The van der Waals surface area contributed by atoms with Gasteiger partial charge in [-0.1, -0.05) is 18.2 Å². The van der Waals surface area contributed by atoms with Crippen LogP contribution < -0.4 is 10.6 Å². The molecule has 3 N–H and O–H groups in total. The molecule has 0 unspecified atom stereocenters. The number of anilines is 1. The Balaban J connectivity index is 1.39. The Morgan fingerprint density at radius 1 is 1.12 bits per heavy atom. The summed E-state index contributed by atoms with van der Waals surface area (Å²) in [5, 5.41) is 16.2. The lowest BCUT2D eigenvalue weighted by atomic mass is 9.82. The molecule has 2 aromatic rings. The van der Waals surface area contributed by atoms with E-state index in [4.69, 9.17) is 0 Å². The average molecular weight is 452 g/mol. The van der Waals surface area contributed by atoms with E-state index in [9.17, 15) is 19.5 Å². The van der Waals surface area contributed by atoms with Crippen LogP contribution in [0.15, 0.2) is 36.7 Å². The topological polar surface area (TPSA) is 108 Å². The SMILES string of the molecule is O=C(NCc1cccnc1)c1c(NC(=O)[C@@H]2[C@H](C(=O)O)[C@H]3C=C[C@H]2C3)sc2c1CCCC2. The Hall–Kier alpha value is -3.00. The molecule has 7 nitrogen and oxygen atoms in total. The first-order chi connectivity index (χ1) is 15.5. The van der Waals surface area contributed by atoms with E-state index in [1.807, 2.05) is 24.3 Å². The van der Waals surface area contributed by atoms with E-state index in [1.165, 1.54) is 11.3 Å². The van der Waals surface area contributed by atoms with Crippen LogP contribution in [0.3, 0.4) is 0 Å². The van der Waals surface area contributed by atoms with Crippen molar-refractivity contribution in [2.45, 2.75) is 38.6 Å². The molecule has 1 saturated carbocycles. The molecule has 0 spiro atoms. The molecule has 2 amide bonds. The summed E-state index contributed by atoms with van der Waals surface area (Å²) in [4.78, 5) is 43.5. The van der Waals surface area contributed by atoms with E-state index in [2.05, 4.69) is 15.6 Å². The minimum atomic E-state index is -0.929. The predicted octanol–water partition coefficient (Wildman–Crippen LogP) is 3.41. The summed E-state index contributed by atoms with van der Waals surface area (Å²) < 4.78 is 0. The second-order valence-corrected chi connectivity index (χ2v) is 9.89. The summed E-state index contributed by atoms with van der Waals surface area (Å²) >= 11 is 1.46. The molecule has 2 heterocycles. The number of aryl methyl sites for hydroxylation is 1. The first-order valence-electron chi connectivity index (χ1n) is 11.1. The molecule has 0 aromatic carbocycles. The molecule has 0 radical (unpaired) electrons. The Bertz CT molecular complexity index is 1090. The van der Waals surface area contributed by atoms with Crippen molar-refractivity contribution in [2.75, 3.05) is 5.32 Å². The number of fused-ring (bicyclic) bond motifs is 3. The molecule has 1 fully saturated rings. The largest absolute Gasteiger partial charge is 0.481 e. The second-order valence-electron chi connectivity index (χ2n) is 8.79. The summed E-state index contributed by atoms with van der Waals surface area (Å²) in [7, 11) is 0. The summed E-state index contributed by atoms with van der Waals surface area (Å²) in [5.74, 6) is -2.90. The quantitative estimate of drug-likeness (QED) is 0.583. The van der Waals surface area contributed by atoms with Crippen molar-refractivity contribution in [1.82, 2.24) is 10.3 Å². The summed E-state index contributed by atoms with van der Waals surface area (Å²) in [6.45, 7) is 0.350. The van der Waals surface area contributed by atoms with Gasteiger partial charge < -0.3 is 15.7 Å². The number of rotatable bonds is 6. The highest BCUT2D eigenvalue weighted by atomic mass is 32.1. The van der Waals surface area contributed by atoms with Crippen LogP contribution in [0.2, 0.25) is 0 Å². The average Bonchev–Trinajstić information content (AvgIpc) is 3.50. The fourth-order valence-corrected chi connectivity index (χ4v) is 6.67. The zero-order valence-corrected chi connectivity index (χ0v) is 18.4. The highest BCUT2D eigenvalue weighted by molar-refractivity contribution is 7.17. The van der Waals surface area contributed by atoms with Crippen molar-refractivity contribution in [2.24, 2.45) is 23.7 Å². The molecule has 0 aliphatic heterocycles. The normalized spacial score (nSPS) is 25.4. The Kier molecular flexibility index (Phi) is 5.55. The Morgan fingerprint density at radius 3 is 2.66 bits per heavy atom. The molecule has 2 aromatic heterocycles. The van der Waals surface area contributed by atoms with Crippen LogP contribution in [0.4, 0.5) is 5.00 Å². The molecule has 4 atom stereocenters. The monoisotopic (exact) mass is 451 g/mol. The van der Waals surface area contributed by atoms with Gasteiger partial charge in [-0.3, -0.25) is 19.4 Å². The fraction of sp³-hybridized carbons (Fsp3) is 0.417. The number of nitrogens with one attached hydrogen (secondary N) is 2. The number of nitrogens with zero attached hydrogens (tertiary/aromatic N) is 1. The maximum absolute atomic E-state index is 13.2. The number of amides is 2. The lowest BCUT2D eigenvalue weighted by Gasteiger charge is -2.23. The van der Waals surface area contributed by atoms with E-state index in [-0.39, 0.29) is 23.7 Å². The van der Waals surface area contributed by atoms with E-state index < -0.39 is 17.8 Å². The van der Waals surface area contributed by atoms with Crippen LogP contribution in [-0.2, 0) is 29.0 Å². The third-order valence-corrected chi connectivity index (χ3v) is 8.07.